The van der Waals surface area contributed by atoms with E-state index in [0.29, 0.717) is 30.6 Å². The number of carbonyl (C=O) groups is 1. The quantitative estimate of drug-likeness (QED) is 0.310. The largest absolute Gasteiger partial charge is 0.443 e. The number of oxazole rings is 1. The summed E-state index contributed by atoms with van der Waals surface area (Å²) in [5, 5.41) is 6.46. The molecule has 6 rings (SSSR count). The predicted octanol–water partition coefficient (Wildman–Crippen LogP) is 3.77. The summed E-state index contributed by atoms with van der Waals surface area (Å²) in [6.07, 6.45) is 9.48. The minimum atomic E-state index is -0.343. The third kappa shape index (κ3) is 5.80. The first kappa shape index (κ1) is 27.7. The van der Waals surface area contributed by atoms with Gasteiger partial charge in [-0.1, -0.05) is 18.2 Å². The first-order chi connectivity index (χ1) is 20.5. The Balaban J connectivity index is 1.19. The summed E-state index contributed by atoms with van der Waals surface area (Å²) in [5.74, 6) is 0.886. The van der Waals surface area contributed by atoms with Gasteiger partial charge in [-0.25, -0.2) is 19.9 Å². The van der Waals surface area contributed by atoms with Crippen molar-refractivity contribution >= 4 is 28.8 Å². The van der Waals surface area contributed by atoms with Crippen LogP contribution < -0.4 is 10.6 Å². The molecule has 2 aliphatic rings. The smallest absolute Gasteiger partial charge is 0.244 e. The number of pyridine rings is 1. The molecule has 2 N–H and O–H groups in total. The van der Waals surface area contributed by atoms with Crippen LogP contribution in [0, 0.1) is 6.92 Å². The van der Waals surface area contributed by atoms with Crippen LogP contribution in [0.15, 0.2) is 65.7 Å². The van der Waals surface area contributed by atoms with E-state index < -0.39 is 0 Å². The third-order valence-corrected chi connectivity index (χ3v) is 7.74. The van der Waals surface area contributed by atoms with E-state index >= 15 is 0 Å². The summed E-state index contributed by atoms with van der Waals surface area (Å²) < 4.78 is 10.8. The number of carbonyl (C=O) groups excluding carboxylic acids is 1. The number of nitrogens with zero attached hydrogens (tertiary/aromatic N) is 6. The zero-order valence-corrected chi connectivity index (χ0v) is 24.0. The molecule has 4 heterocycles. The number of ether oxygens (including phenoxy) is 1. The maximum Gasteiger partial charge on any atom is 0.244 e. The average molecular weight is 567 g/mol. The van der Waals surface area contributed by atoms with Crippen LogP contribution in [0.5, 0.6) is 0 Å². The fourth-order valence-electron chi connectivity index (χ4n) is 5.42. The molecular formula is C31H34N8O3. The van der Waals surface area contributed by atoms with Gasteiger partial charge in [-0.2, -0.15) is 0 Å². The number of anilines is 3. The van der Waals surface area contributed by atoms with Crippen molar-refractivity contribution in [1.29, 1.82) is 0 Å². The second-order valence-corrected chi connectivity index (χ2v) is 10.6. The highest BCUT2D eigenvalue weighted by atomic mass is 16.5. The Morgan fingerprint density at radius 1 is 1.10 bits per heavy atom. The number of piperazine rings is 1. The second-order valence-electron chi connectivity index (χ2n) is 10.6. The molecule has 1 fully saturated rings. The molecule has 3 aromatic heterocycles. The fraction of sp³-hybridized carbons (Fsp3) is 0.323. The van der Waals surface area contributed by atoms with Gasteiger partial charge in [0.05, 0.1) is 30.4 Å². The number of nitrogens with one attached hydrogen (secondary N) is 2. The van der Waals surface area contributed by atoms with Crippen molar-refractivity contribution in [2.75, 3.05) is 57.6 Å². The highest BCUT2D eigenvalue weighted by Crippen LogP contribution is 2.37. The Morgan fingerprint density at radius 3 is 2.69 bits per heavy atom. The molecule has 1 saturated heterocycles. The van der Waals surface area contributed by atoms with Crippen LogP contribution in [0.2, 0.25) is 0 Å². The maximum absolute atomic E-state index is 13.5. The van der Waals surface area contributed by atoms with Gasteiger partial charge in [0.25, 0.3) is 0 Å². The standard InChI is InChI=1S/C31H34N8O3/c1-20-17-34-31(35-21-7-10-26(33-18-21)30-32-11-16-42-30)37-28(20)24-9-8-23-22(24)5-4-6-25(23)36-29(40)27(19-41-3)39-14-12-38(2)13-15-39/h4-7,9-11,16-18,27H,8,12-15,19H2,1-3H3,(H,36,40)(H,34,35,37)/t27-/m1/s1. The van der Waals surface area contributed by atoms with Crippen molar-refractivity contribution in [1.82, 2.24) is 29.7 Å². The van der Waals surface area contributed by atoms with Crippen LogP contribution >= 0.6 is 0 Å². The number of rotatable bonds is 9. The molecule has 1 amide bonds. The number of aromatic nitrogens is 4. The zero-order valence-electron chi connectivity index (χ0n) is 24.0. The van der Waals surface area contributed by atoms with E-state index in [4.69, 9.17) is 14.1 Å². The molecule has 42 heavy (non-hydrogen) atoms. The molecule has 1 atom stereocenters. The molecule has 1 aliphatic heterocycles. The Labute approximate surface area is 244 Å². The summed E-state index contributed by atoms with van der Waals surface area (Å²) in [6, 6.07) is 9.40. The van der Waals surface area contributed by atoms with Crippen molar-refractivity contribution in [3.63, 3.8) is 0 Å². The minimum absolute atomic E-state index is 0.0459. The highest BCUT2D eigenvalue weighted by molar-refractivity contribution is 5.97. The van der Waals surface area contributed by atoms with E-state index in [1.54, 1.807) is 19.5 Å². The third-order valence-electron chi connectivity index (χ3n) is 7.74. The van der Waals surface area contributed by atoms with Gasteiger partial charge in [-0.05, 0) is 55.3 Å². The summed E-state index contributed by atoms with van der Waals surface area (Å²) in [7, 11) is 3.75. The number of likely N-dealkylation sites (N-methyl/N-ethyl adjacent to an activating group) is 1. The van der Waals surface area contributed by atoms with E-state index in [0.717, 1.165) is 65.5 Å². The molecule has 1 aromatic carbocycles. The van der Waals surface area contributed by atoms with Crippen LogP contribution in [0.3, 0.4) is 0 Å². The summed E-state index contributed by atoms with van der Waals surface area (Å²) in [4.78, 5) is 35.9. The molecule has 11 heteroatoms. The lowest BCUT2D eigenvalue weighted by Crippen LogP contribution is -2.54. The number of hydrogen-bond acceptors (Lipinski definition) is 10. The van der Waals surface area contributed by atoms with E-state index in [2.05, 4.69) is 54.6 Å². The minimum Gasteiger partial charge on any atom is -0.443 e. The lowest BCUT2D eigenvalue weighted by molar-refractivity contribution is -0.124. The lowest BCUT2D eigenvalue weighted by Gasteiger charge is -2.36. The van der Waals surface area contributed by atoms with Crippen molar-refractivity contribution in [2.45, 2.75) is 19.4 Å². The zero-order chi connectivity index (χ0) is 29.1. The Bertz CT molecular complexity index is 1580. The van der Waals surface area contributed by atoms with E-state index in [1.165, 1.54) is 6.26 Å². The van der Waals surface area contributed by atoms with Crippen LogP contribution in [0.1, 0.15) is 22.4 Å². The SMILES string of the molecule is COC[C@H](C(=O)Nc1cccc2c1CC=C2c1nc(Nc2ccc(-c3ncco3)nc2)ncc1C)N1CCN(C)CC1. The van der Waals surface area contributed by atoms with Crippen LogP contribution in [-0.4, -0.2) is 88.6 Å². The summed E-state index contributed by atoms with van der Waals surface area (Å²) in [5.41, 5.74) is 7.17. The van der Waals surface area contributed by atoms with Gasteiger partial charge in [-0.3, -0.25) is 9.69 Å². The number of methoxy groups -OCH3 is 1. The van der Waals surface area contributed by atoms with Gasteiger partial charge in [0, 0.05) is 50.7 Å². The lowest BCUT2D eigenvalue weighted by atomic mass is 9.99. The summed E-state index contributed by atoms with van der Waals surface area (Å²) in [6.45, 7) is 5.88. The van der Waals surface area contributed by atoms with Crippen molar-refractivity contribution in [3.8, 4) is 11.6 Å². The first-order valence-electron chi connectivity index (χ1n) is 14.0. The van der Waals surface area contributed by atoms with Gasteiger partial charge < -0.3 is 24.7 Å². The number of hydrogen-bond donors (Lipinski definition) is 2. The Kier molecular flexibility index (Phi) is 8.04. The van der Waals surface area contributed by atoms with E-state index in [1.807, 2.05) is 37.4 Å². The second kappa shape index (κ2) is 12.2. The molecular weight excluding hydrogens is 532 g/mol. The molecule has 1 aliphatic carbocycles. The van der Waals surface area contributed by atoms with Crippen LogP contribution in [-0.2, 0) is 16.0 Å². The molecule has 0 unspecified atom stereocenters. The van der Waals surface area contributed by atoms with E-state index in [9.17, 15) is 4.79 Å². The van der Waals surface area contributed by atoms with E-state index in [-0.39, 0.29) is 11.9 Å². The van der Waals surface area contributed by atoms with Crippen LogP contribution in [0.4, 0.5) is 17.3 Å². The van der Waals surface area contributed by atoms with Gasteiger partial charge in [0.1, 0.15) is 18.0 Å². The molecule has 0 radical (unpaired) electrons. The first-order valence-corrected chi connectivity index (χ1v) is 14.0. The number of fused-ring (bicyclic) bond motifs is 1. The van der Waals surface area contributed by atoms with Crippen molar-refractivity contribution in [3.05, 3.63) is 83.6 Å². The van der Waals surface area contributed by atoms with Gasteiger partial charge in [-0.15, -0.1) is 0 Å². The monoisotopic (exact) mass is 566 g/mol. The molecule has 0 saturated carbocycles. The van der Waals surface area contributed by atoms with Gasteiger partial charge in [0.2, 0.25) is 17.7 Å². The molecule has 0 spiro atoms. The van der Waals surface area contributed by atoms with Crippen molar-refractivity contribution in [2.24, 2.45) is 0 Å². The topological polar surface area (TPSA) is 122 Å². The number of allylic oxidation sites excluding steroid dienone is 1. The fourth-order valence-corrected chi connectivity index (χ4v) is 5.42. The van der Waals surface area contributed by atoms with Gasteiger partial charge in [0.15, 0.2) is 0 Å². The summed E-state index contributed by atoms with van der Waals surface area (Å²) >= 11 is 0. The Hall–Kier alpha value is -4.45. The highest BCUT2D eigenvalue weighted by Gasteiger charge is 2.30. The molecule has 216 valence electrons. The number of benzene rings is 1. The van der Waals surface area contributed by atoms with Gasteiger partial charge >= 0.3 is 0 Å². The number of aryl methyl sites for hydroxylation is 1. The maximum atomic E-state index is 13.5. The molecule has 4 aromatic rings. The molecule has 0 bridgehead atoms. The normalized spacial score (nSPS) is 16.1. The predicted molar refractivity (Wildman–Crippen MR) is 160 cm³/mol. The average Bonchev–Trinajstić information content (AvgIpc) is 3.69. The number of amides is 1. The van der Waals surface area contributed by atoms with Crippen molar-refractivity contribution < 1.29 is 13.9 Å². The Morgan fingerprint density at radius 2 is 1.95 bits per heavy atom. The molecule has 11 nitrogen and oxygen atoms in total. The van der Waals surface area contributed by atoms with Crippen LogP contribution in [0.25, 0.3) is 17.2 Å².